The quantitative estimate of drug-likeness (QED) is 0.399. The molecule has 1 fully saturated rings. The van der Waals surface area contributed by atoms with E-state index in [1.807, 2.05) is 74.5 Å². The molecular formula is C30H36N2O3S. The molecule has 0 radical (unpaired) electrons. The highest BCUT2D eigenvalue weighted by atomic mass is 32.2. The van der Waals surface area contributed by atoms with Crippen molar-refractivity contribution in [3.63, 3.8) is 0 Å². The van der Waals surface area contributed by atoms with Crippen molar-refractivity contribution in [2.75, 3.05) is 6.54 Å². The first-order valence-electron chi connectivity index (χ1n) is 12.7. The lowest BCUT2D eigenvalue weighted by Crippen LogP contribution is -2.39. The van der Waals surface area contributed by atoms with Gasteiger partial charge in [0.2, 0.25) is 15.9 Å². The van der Waals surface area contributed by atoms with Crippen LogP contribution in [0.5, 0.6) is 0 Å². The summed E-state index contributed by atoms with van der Waals surface area (Å²) in [4.78, 5) is 12.7. The minimum atomic E-state index is -3.68. The molecule has 1 aliphatic carbocycles. The van der Waals surface area contributed by atoms with Crippen molar-refractivity contribution in [2.45, 2.75) is 56.4 Å². The average molecular weight is 505 g/mol. The van der Waals surface area contributed by atoms with Gasteiger partial charge in [0.25, 0.3) is 0 Å². The molecule has 1 unspecified atom stereocenters. The van der Waals surface area contributed by atoms with Gasteiger partial charge in [0.05, 0.1) is 10.8 Å². The van der Waals surface area contributed by atoms with E-state index in [0.717, 1.165) is 42.4 Å². The summed E-state index contributed by atoms with van der Waals surface area (Å²) >= 11 is 0. The van der Waals surface area contributed by atoms with Crippen molar-refractivity contribution in [3.8, 4) is 0 Å². The second-order valence-corrected chi connectivity index (χ2v) is 11.9. The largest absolute Gasteiger partial charge is 0.369 e. The van der Waals surface area contributed by atoms with Gasteiger partial charge in [0.15, 0.2) is 0 Å². The summed E-state index contributed by atoms with van der Waals surface area (Å²) in [5.41, 5.74) is 8.95. The highest BCUT2D eigenvalue weighted by Gasteiger charge is 2.36. The SMILES string of the molecule is Cc1ccc(C(C(N)=O)C2CCC(CN([C@H](C)c3ccccc3)S(=O)(=O)c3ccccc3)CC2)cc1. The number of benzene rings is 3. The van der Waals surface area contributed by atoms with Crippen molar-refractivity contribution in [2.24, 2.45) is 17.6 Å². The van der Waals surface area contributed by atoms with E-state index < -0.39 is 10.0 Å². The molecule has 4 rings (SSSR count). The van der Waals surface area contributed by atoms with Crippen molar-refractivity contribution < 1.29 is 13.2 Å². The van der Waals surface area contributed by atoms with E-state index >= 15 is 0 Å². The number of rotatable bonds is 9. The number of sulfonamides is 1. The maximum atomic E-state index is 13.8. The third kappa shape index (κ3) is 5.88. The van der Waals surface area contributed by atoms with Crippen LogP contribution in [0.1, 0.15) is 61.3 Å². The smallest absolute Gasteiger partial charge is 0.243 e. The Kier molecular flexibility index (Phi) is 8.27. The third-order valence-corrected chi connectivity index (χ3v) is 9.56. The second kappa shape index (κ2) is 11.4. The molecule has 0 bridgehead atoms. The zero-order chi connectivity index (χ0) is 25.7. The van der Waals surface area contributed by atoms with Crippen molar-refractivity contribution in [1.82, 2.24) is 4.31 Å². The van der Waals surface area contributed by atoms with Crippen molar-refractivity contribution in [1.29, 1.82) is 0 Å². The van der Waals surface area contributed by atoms with E-state index in [0.29, 0.717) is 11.4 Å². The van der Waals surface area contributed by atoms with Gasteiger partial charge in [0.1, 0.15) is 0 Å². The first-order valence-corrected chi connectivity index (χ1v) is 14.2. The number of carbonyl (C=O) groups is 1. The van der Waals surface area contributed by atoms with Gasteiger partial charge >= 0.3 is 0 Å². The fourth-order valence-corrected chi connectivity index (χ4v) is 7.21. The van der Waals surface area contributed by atoms with E-state index in [2.05, 4.69) is 0 Å². The number of aryl methyl sites for hydroxylation is 1. The zero-order valence-corrected chi connectivity index (χ0v) is 21.9. The number of nitrogens with zero attached hydrogens (tertiary/aromatic N) is 1. The van der Waals surface area contributed by atoms with Crippen LogP contribution < -0.4 is 5.73 Å². The molecule has 36 heavy (non-hydrogen) atoms. The van der Waals surface area contributed by atoms with Gasteiger partial charge in [-0.25, -0.2) is 8.42 Å². The van der Waals surface area contributed by atoms with Crippen LogP contribution in [0, 0.1) is 18.8 Å². The van der Waals surface area contributed by atoms with Gasteiger partial charge in [-0.05, 0) is 74.6 Å². The van der Waals surface area contributed by atoms with Gasteiger partial charge < -0.3 is 5.73 Å². The Morgan fingerprint density at radius 1 is 0.861 bits per heavy atom. The maximum absolute atomic E-state index is 13.8. The molecule has 5 nitrogen and oxygen atoms in total. The zero-order valence-electron chi connectivity index (χ0n) is 21.1. The van der Waals surface area contributed by atoms with Crippen LogP contribution in [0.2, 0.25) is 0 Å². The summed E-state index contributed by atoms with van der Waals surface area (Å²) < 4.78 is 29.2. The average Bonchev–Trinajstić information content (AvgIpc) is 2.90. The fraction of sp³-hybridized carbons (Fsp3) is 0.367. The normalized spacial score (nSPS) is 20.1. The van der Waals surface area contributed by atoms with Gasteiger partial charge in [-0.2, -0.15) is 4.31 Å². The van der Waals surface area contributed by atoms with Crippen LogP contribution in [0.4, 0.5) is 0 Å². The molecule has 3 aromatic rings. The highest BCUT2D eigenvalue weighted by molar-refractivity contribution is 7.89. The Labute approximate surface area is 215 Å². The van der Waals surface area contributed by atoms with Gasteiger partial charge in [-0.1, -0.05) is 78.4 Å². The summed E-state index contributed by atoms with van der Waals surface area (Å²) in [7, 11) is -3.68. The summed E-state index contributed by atoms with van der Waals surface area (Å²) in [6.07, 6.45) is 3.43. The highest BCUT2D eigenvalue weighted by Crippen LogP contribution is 2.40. The standard InChI is InChI=1S/C30H36N2O3S/c1-22-13-17-26(18-14-22)29(30(31)33)27-19-15-24(16-20-27)21-32(23(2)25-9-5-3-6-10-25)36(34,35)28-11-7-4-8-12-28/h3-14,17-18,23-24,27,29H,15-16,19-21H2,1-2H3,(H2,31,33)/t23-,24?,27?,29?/m1/s1. The number of hydrogen-bond donors (Lipinski definition) is 1. The summed E-state index contributed by atoms with van der Waals surface area (Å²) in [6.45, 7) is 4.44. The fourth-order valence-electron chi connectivity index (χ4n) is 5.49. The van der Waals surface area contributed by atoms with E-state index in [1.165, 1.54) is 0 Å². The molecule has 1 amide bonds. The third-order valence-electron chi connectivity index (χ3n) is 7.61. The Morgan fingerprint density at radius 2 is 1.42 bits per heavy atom. The lowest BCUT2D eigenvalue weighted by atomic mass is 9.73. The van der Waals surface area contributed by atoms with Crippen LogP contribution in [0.15, 0.2) is 89.8 Å². The molecule has 1 saturated carbocycles. The number of carbonyl (C=O) groups excluding carboxylic acids is 1. The van der Waals surface area contributed by atoms with Crippen LogP contribution >= 0.6 is 0 Å². The summed E-state index contributed by atoms with van der Waals surface area (Å²) in [5.74, 6) is -0.197. The number of hydrogen-bond acceptors (Lipinski definition) is 3. The van der Waals surface area contributed by atoms with Crippen molar-refractivity contribution in [3.05, 3.63) is 102 Å². The predicted molar refractivity (Wildman–Crippen MR) is 144 cm³/mol. The van der Waals surface area contributed by atoms with E-state index in [4.69, 9.17) is 5.73 Å². The van der Waals surface area contributed by atoms with E-state index in [9.17, 15) is 13.2 Å². The molecule has 0 heterocycles. The molecule has 6 heteroatoms. The minimum absolute atomic E-state index is 0.173. The molecule has 0 aliphatic heterocycles. The summed E-state index contributed by atoms with van der Waals surface area (Å²) in [6, 6.07) is 26.2. The molecule has 0 saturated heterocycles. The van der Waals surface area contributed by atoms with Gasteiger partial charge in [-0.15, -0.1) is 0 Å². The van der Waals surface area contributed by atoms with Crippen molar-refractivity contribution >= 4 is 15.9 Å². The summed E-state index contributed by atoms with van der Waals surface area (Å²) in [5, 5.41) is 0. The molecule has 0 aromatic heterocycles. The first kappa shape index (κ1) is 26.1. The predicted octanol–water partition coefficient (Wildman–Crippen LogP) is 5.82. The van der Waals surface area contributed by atoms with Crippen LogP contribution in [0.25, 0.3) is 0 Å². The van der Waals surface area contributed by atoms with Crippen LogP contribution in [-0.2, 0) is 14.8 Å². The Bertz CT molecular complexity index is 1240. The van der Waals surface area contributed by atoms with Crippen LogP contribution in [0.3, 0.4) is 0 Å². The number of amides is 1. The first-order chi connectivity index (χ1) is 17.3. The van der Waals surface area contributed by atoms with E-state index in [1.54, 1.807) is 28.6 Å². The van der Waals surface area contributed by atoms with Gasteiger partial charge in [-0.3, -0.25) is 4.79 Å². The lowest BCUT2D eigenvalue weighted by Gasteiger charge is -2.37. The molecule has 190 valence electrons. The second-order valence-electron chi connectivity index (χ2n) is 10.0. The maximum Gasteiger partial charge on any atom is 0.243 e. The van der Waals surface area contributed by atoms with Crippen LogP contribution in [-0.4, -0.2) is 25.2 Å². The molecular weight excluding hydrogens is 468 g/mol. The minimum Gasteiger partial charge on any atom is -0.369 e. The number of primary amides is 1. The molecule has 2 atom stereocenters. The van der Waals surface area contributed by atoms with Gasteiger partial charge in [0, 0.05) is 12.6 Å². The molecule has 2 N–H and O–H groups in total. The number of nitrogens with two attached hydrogens (primary N) is 1. The Hall–Kier alpha value is -2.96. The molecule has 3 aromatic carbocycles. The topological polar surface area (TPSA) is 80.5 Å². The Morgan fingerprint density at radius 3 is 1.97 bits per heavy atom. The lowest BCUT2D eigenvalue weighted by molar-refractivity contribution is -0.121. The molecule has 0 spiro atoms. The Balaban J connectivity index is 1.53. The monoisotopic (exact) mass is 504 g/mol. The van der Waals surface area contributed by atoms with E-state index in [-0.39, 0.29) is 29.7 Å². The molecule has 1 aliphatic rings.